The Morgan fingerprint density at radius 1 is 1.32 bits per heavy atom. The van der Waals surface area contributed by atoms with Crippen LogP contribution < -0.4 is 15.4 Å². The number of methoxy groups -OCH3 is 1. The summed E-state index contributed by atoms with van der Waals surface area (Å²) >= 11 is 0. The Bertz CT molecular complexity index is 1050. The van der Waals surface area contributed by atoms with Gasteiger partial charge in [0.15, 0.2) is 17.2 Å². The van der Waals surface area contributed by atoms with E-state index in [1.54, 1.807) is 13.1 Å². The molecule has 1 saturated heterocycles. The fourth-order valence-corrected chi connectivity index (χ4v) is 3.50. The summed E-state index contributed by atoms with van der Waals surface area (Å²) in [5.41, 5.74) is 3.59. The van der Waals surface area contributed by atoms with E-state index in [0.717, 1.165) is 20.1 Å². The number of nitrogens with two attached hydrogens (primary N) is 1. The van der Waals surface area contributed by atoms with Crippen molar-refractivity contribution in [2.45, 2.75) is 31.5 Å². The third-order valence-corrected chi connectivity index (χ3v) is 5.84. The van der Waals surface area contributed by atoms with Crippen molar-refractivity contribution in [1.82, 2.24) is 4.98 Å². The Balaban J connectivity index is 0.000000270. The summed E-state index contributed by atoms with van der Waals surface area (Å²) in [7, 11) is 2.72. The Labute approximate surface area is 192 Å². The number of amides is 2. The molecule has 3 rings (SSSR count). The number of anilines is 1. The topological polar surface area (TPSA) is 94.8 Å². The number of aromatic nitrogens is 1. The summed E-state index contributed by atoms with van der Waals surface area (Å²) in [6.07, 6.45) is -2.48. The summed E-state index contributed by atoms with van der Waals surface area (Å²) in [5, 5.41) is 0. The summed E-state index contributed by atoms with van der Waals surface area (Å²) in [5.74, 6) is -5.00. The molecule has 1 aliphatic heterocycles. The minimum Gasteiger partial charge on any atom is -0.493 e. The van der Waals surface area contributed by atoms with Gasteiger partial charge in [-0.15, -0.1) is 0 Å². The molecule has 3 atom stereocenters. The van der Waals surface area contributed by atoms with Crippen LogP contribution in [0.5, 0.6) is 5.75 Å². The molecule has 0 aliphatic carbocycles. The number of hydrogen-bond acceptors (Lipinski definition) is 5. The van der Waals surface area contributed by atoms with Crippen LogP contribution in [0.15, 0.2) is 30.5 Å². The first-order chi connectivity index (χ1) is 15.8. The minimum absolute atomic E-state index is 0.145. The second-order valence-electron chi connectivity index (χ2n) is 7.77. The molecule has 2 aromatic rings. The average Bonchev–Trinajstić information content (AvgIpc) is 3.11. The molecule has 7 nitrogen and oxygen atoms in total. The van der Waals surface area contributed by atoms with Crippen molar-refractivity contribution in [3.63, 3.8) is 0 Å². The van der Waals surface area contributed by atoms with Crippen LogP contribution in [-0.4, -0.2) is 49.8 Å². The molecule has 186 valence electrons. The van der Waals surface area contributed by atoms with E-state index in [2.05, 4.69) is 4.98 Å². The molecule has 34 heavy (non-hydrogen) atoms. The molecular formula is C22H24F5N3O4. The SMILES string of the molecule is CN(C=O)c1ccnc(C(N)=O)c1.COc1c(C2CO[C@@](C)(C(F)(F)F)C2C)ccc(F)c1F. The molecule has 1 aliphatic rings. The highest BCUT2D eigenvalue weighted by atomic mass is 19.4. The molecule has 2 heterocycles. The lowest BCUT2D eigenvalue weighted by Gasteiger charge is -2.32. The van der Waals surface area contributed by atoms with Crippen molar-refractivity contribution in [1.29, 1.82) is 0 Å². The van der Waals surface area contributed by atoms with E-state index < -0.39 is 41.2 Å². The Morgan fingerprint density at radius 2 is 1.97 bits per heavy atom. The number of primary amides is 1. The molecule has 0 bridgehead atoms. The van der Waals surface area contributed by atoms with E-state index >= 15 is 0 Å². The summed E-state index contributed by atoms with van der Waals surface area (Å²) in [6.45, 7) is 2.11. The van der Waals surface area contributed by atoms with Gasteiger partial charge in [-0.1, -0.05) is 13.0 Å². The molecule has 0 saturated carbocycles. The van der Waals surface area contributed by atoms with Gasteiger partial charge in [-0.3, -0.25) is 14.6 Å². The van der Waals surface area contributed by atoms with Crippen LogP contribution in [0.2, 0.25) is 0 Å². The predicted octanol–water partition coefficient (Wildman–Crippen LogP) is 3.82. The van der Waals surface area contributed by atoms with Gasteiger partial charge >= 0.3 is 6.18 Å². The van der Waals surface area contributed by atoms with Crippen LogP contribution in [0.1, 0.15) is 35.8 Å². The lowest BCUT2D eigenvalue weighted by atomic mass is 9.79. The van der Waals surface area contributed by atoms with Crippen molar-refractivity contribution in [2.75, 3.05) is 25.7 Å². The molecule has 1 fully saturated rings. The number of ether oxygens (including phenoxy) is 2. The zero-order chi connectivity index (χ0) is 25.8. The van der Waals surface area contributed by atoms with E-state index in [4.69, 9.17) is 15.2 Å². The van der Waals surface area contributed by atoms with Crippen molar-refractivity contribution in [3.05, 3.63) is 53.4 Å². The monoisotopic (exact) mass is 489 g/mol. The number of pyridine rings is 1. The van der Waals surface area contributed by atoms with E-state index in [0.29, 0.717) is 12.1 Å². The van der Waals surface area contributed by atoms with Gasteiger partial charge in [-0.2, -0.15) is 17.6 Å². The number of rotatable bonds is 5. The fourth-order valence-electron chi connectivity index (χ4n) is 3.50. The average molecular weight is 489 g/mol. The maximum Gasteiger partial charge on any atom is 0.417 e. The molecule has 2 N–H and O–H groups in total. The maximum atomic E-state index is 13.7. The van der Waals surface area contributed by atoms with Gasteiger partial charge in [0.25, 0.3) is 5.91 Å². The fraction of sp³-hybridized carbons (Fsp3) is 0.409. The normalized spacial score (nSPS) is 21.9. The first kappa shape index (κ1) is 27.0. The minimum atomic E-state index is -4.55. The number of nitrogens with zero attached hydrogens (tertiary/aromatic N) is 2. The van der Waals surface area contributed by atoms with Gasteiger partial charge < -0.3 is 20.1 Å². The molecule has 0 radical (unpaired) electrons. The van der Waals surface area contributed by atoms with Crippen LogP contribution in [-0.2, 0) is 9.53 Å². The maximum absolute atomic E-state index is 13.7. The van der Waals surface area contributed by atoms with E-state index in [1.165, 1.54) is 30.2 Å². The molecule has 12 heteroatoms. The van der Waals surface area contributed by atoms with Crippen molar-refractivity contribution >= 4 is 18.0 Å². The highest BCUT2D eigenvalue weighted by Crippen LogP contribution is 2.51. The number of carbonyl (C=O) groups is 2. The van der Waals surface area contributed by atoms with Gasteiger partial charge in [-0.25, -0.2) is 4.39 Å². The largest absolute Gasteiger partial charge is 0.493 e. The van der Waals surface area contributed by atoms with E-state index in [1.807, 2.05) is 0 Å². The van der Waals surface area contributed by atoms with E-state index in [9.17, 15) is 31.5 Å². The Morgan fingerprint density at radius 3 is 2.47 bits per heavy atom. The van der Waals surface area contributed by atoms with Crippen LogP contribution >= 0.6 is 0 Å². The second-order valence-corrected chi connectivity index (χ2v) is 7.77. The molecule has 0 spiro atoms. The molecule has 2 unspecified atom stereocenters. The number of halogens is 5. The molecule has 1 aromatic carbocycles. The number of hydrogen-bond donors (Lipinski definition) is 1. The first-order valence-corrected chi connectivity index (χ1v) is 9.95. The predicted molar refractivity (Wildman–Crippen MR) is 112 cm³/mol. The van der Waals surface area contributed by atoms with Gasteiger partial charge in [0, 0.05) is 36.3 Å². The van der Waals surface area contributed by atoms with Crippen LogP contribution in [0.25, 0.3) is 0 Å². The molecule has 2 amide bonds. The van der Waals surface area contributed by atoms with Crippen LogP contribution in [0.3, 0.4) is 0 Å². The van der Waals surface area contributed by atoms with Gasteiger partial charge in [0.1, 0.15) is 5.69 Å². The highest BCUT2D eigenvalue weighted by Gasteiger charge is 2.61. The van der Waals surface area contributed by atoms with Gasteiger partial charge in [-0.05, 0) is 25.1 Å². The summed E-state index contributed by atoms with van der Waals surface area (Å²) < 4.78 is 76.0. The lowest BCUT2D eigenvalue weighted by Crippen LogP contribution is -2.46. The number of benzene rings is 1. The second kappa shape index (κ2) is 10.3. The van der Waals surface area contributed by atoms with Crippen molar-refractivity contribution in [3.8, 4) is 5.75 Å². The quantitative estimate of drug-likeness (QED) is 0.509. The zero-order valence-electron chi connectivity index (χ0n) is 18.8. The number of carbonyl (C=O) groups excluding carboxylic acids is 2. The molecular weight excluding hydrogens is 465 g/mol. The first-order valence-electron chi connectivity index (χ1n) is 9.95. The summed E-state index contributed by atoms with van der Waals surface area (Å²) in [4.78, 5) is 26.2. The highest BCUT2D eigenvalue weighted by molar-refractivity contribution is 5.92. The van der Waals surface area contributed by atoms with Gasteiger partial charge in [0.2, 0.25) is 12.2 Å². The standard InChI is InChI=1S/C14H15F5O2.C8H9N3O2/c1-7-9(6-21-13(7,2)14(17,18)19)8-4-5-10(15)11(16)12(8)20-3;1-11(5-12)6-2-3-10-7(4-6)8(9)13/h4-5,7,9H,6H2,1-3H3;2-5H,1H3,(H2,9,13)/t7?,9?,13-;/m1./s1. The smallest absolute Gasteiger partial charge is 0.417 e. The third kappa shape index (κ3) is 5.27. The van der Waals surface area contributed by atoms with Crippen molar-refractivity contribution in [2.24, 2.45) is 11.7 Å². The molecule has 1 aromatic heterocycles. The Hall–Kier alpha value is -3.28. The van der Waals surface area contributed by atoms with Crippen LogP contribution in [0.4, 0.5) is 27.6 Å². The van der Waals surface area contributed by atoms with Crippen molar-refractivity contribution < 1.29 is 41.0 Å². The van der Waals surface area contributed by atoms with Gasteiger partial charge in [0.05, 0.1) is 13.7 Å². The lowest BCUT2D eigenvalue weighted by molar-refractivity contribution is -0.266. The third-order valence-electron chi connectivity index (χ3n) is 5.84. The zero-order valence-corrected chi connectivity index (χ0v) is 18.8. The summed E-state index contributed by atoms with van der Waals surface area (Å²) in [6, 6.07) is 5.19. The number of alkyl halides is 3. The Kier molecular flexibility index (Phi) is 8.19. The van der Waals surface area contributed by atoms with Crippen LogP contribution in [0, 0.1) is 17.6 Å². The van der Waals surface area contributed by atoms with E-state index in [-0.39, 0.29) is 23.6 Å².